The smallest absolute Gasteiger partial charge is 0.418 e. The average molecular weight is 260 g/mol. The van der Waals surface area contributed by atoms with E-state index in [-0.39, 0.29) is 6.54 Å². The lowest BCUT2D eigenvalue weighted by atomic mass is 10.2. The van der Waals surface area contributed by atoms with Gasteiger partial charge in [0.1, 0.15) is 0 Å². The number of carboxylic acids is 1. The summed E-state index contributed by atoms with van der Waals surface area (Å²) in [4.78, 5) is 10.7. The van der Waals surface area contributed by atoms with Crippen molar-refractivity contribution in [3.63, 3.8) is 0 Å². The number of hydrogen-bond acceptors (Lipinski definition) is 2. The van der Waals surface area contributed by atoms with Gasteiger partial charge >= 0.3 is 12.1 Å². The Morgan fingerprint density at radius 2 is 2.06 bits per heavy atom. The molecule has 0 fully saturated rings. The molecular weight excluding hydrogens is 249 g/mol. The van der Waals surface area contributed by atoms with Crippen molar-refractivity contribution in [2.75, 3.05) is 0 Å². The van der Waals surface area contributed by atoms with Crippen LogP contribution >= 0.6 is 0 Å². The normalized spacial score (nSPS) is 11.2. The van der Waals surface area contributed by atoms with Crippen LogP contribution in [-0.2, 0) is 12.7 Å². The Bertz CT molecular complexity index is 472. The highest BCUT2D eigenvalue weighted by Crippen LogP contribution is 2.32. The lowest BCUT2D eigenvalue weighted by Gasteiger charge is -2.04. The molecule has 0 aromatic carbocycles. The van der Waals surface area contributed by atoms with Gasteiger partial charge in [-0.05, 0) is 12.8 Å². The molecule has 0 aliphatic heterocycles. The van der Waals surface area contributed by atoms with E-state index in [2.05, 4.69) is 0 Å². The molecule has 4 nitrogen and oxygen atoms in total. The molecule has 0 saturated heterocycles. The third-order valence-corrected chi connectivity index (χ3v) is 2.37. The van der Waals surface area contributed by atoms with E-state index in [1.165, 1.54) is 4.57 Å². The predicted octanol–water partition coefficient (Wildman–Crippen LogP) is 2.90. The maximum absolute atomic E-state index is 12.5. The molecule has 0 atom stereocenters. The summed E-state index contributed by atoms with van der Waals surface area (Å²) in [5, 5.41) is 17.0. The van der Waals surface area contributed by atoms with Crippen molar-refractivity contribution >= 4 is 5.97 Å². The summed E-state index contributed by atoms with van der Waals surface area (Å²) in [7, 11) is 0. The van der Waals surface area contributed by atoms with Gasteiger partial charge < -0.3 is 9.67 Å². The van der Waals surface area contributed by atoms with Gasteiger partial charge in [0.25, 0.3) is 0 Å². The molecule has 98 valence electrons. The number of halogens is 3. The minimum Gasteiger partial charge on any atom is -0.478 e. The first kappa shape index (κ1) is 14.1. The van der Waals surface area contributed by atoms with Crippen LogP contribution in [0.1, 0.15) is 35.2 Å². The van der Waals surface area contributed by atoms with Crippen molar-refractivity contribution in [2.45, 2.75) is 32.0 Å². The van der Waals surface area contributed by atoms with Crippen LogP contribution in [0.3, 0.4) is 0 Å². The van der Waals surface area contributed by atoms with Crippen LogP contribution < -0.4 is 0 Å². The lowest BCUT2D eigenvalue weighted by Crippen LogP contribution is -2.09. The fourth-order valence-corrected chi connectivity index (χ4v) is 1.53. The van der Waals surface area contributed by atoms with E-state index in [0.717, 1.165) is 12.4 Å². The highest BCUT2D eigenvalue weighted by atomic mass is 19.4. The van der Waals surface area contributed by atoms with Crippen molar-refractivity contribution in [3.8, 4) is 6.07 Å². The van der Waals surface area contributed by atoms with Gasteiger partial charge in [-0.25, -0.2) is 4.79 Å². The fraction of sp³-hybridized carbons (Fsp3) is 0.455. The summed E-state index contributed by atoms with van der Waals surface area (Å²) >= 11 is 0. The number of carboxylic acid groups (broad SMARTS) is 1. The summed E-state index contributed by atoms with van der Waals surface area (Å²) in [6, 6.07) is 1.93. The minimum absolute atomic E-state index is 0.262. The van der Waals surface area contributed by atoms with Crippen LogP contribution in [0.5, 0.6) is 0 Å². The second-order valence-corrected chi connectivity index (χ2v) is 3.74. The second kappa shape index (κ2) is 5.58. The number of hydrogen-bond donors (Lipinski definition) is 1. The van der Waals surface area contributed by atoms with Crippen LogP contribution in [0.2, 0.25) is 0 Å². The molecule has 1 aromatic heterocycles. The van der Waals surface area contributed by atoms with Gasteiger partial charge in [0, 0.05) is 25.4 Å². The van der Waals surface area contributed by atoms with E-state index in [0.29, 0.717) is 19.3 Å². The number of nitriles is 1. The van der Waals surface area contributed by atoms with Gasteiger partial charge in [0.2, 0.25) is 0 Å². The minimum atomic E-state index is -4.67. The first-order chi connectivity index (χ1) is 8.36. The van der Waals surface area contributed by atoms with Crippen LogP contribution in [0.15, 0.2) is 12.4 Å². The number of nitrogens with zero attached hydrogens (tertiary/aromatic N) is 2. The van der Waals surface area contributed by atoms with Crippen LogP contribution in [-0.4, -0.2) is 15.6 Å². The molecular formula is C11H11F3N2O2. The zero-order valence-electron chi connectivity index (χ0n) is 9.37. The van der Waals surface area contributed by atoms with Gasteiger partial charge in [0.05, 0.1) is 17.2 Å². The zero-order valence-corrected chi connectivity index (χ0v) is 9.37. The van der Waals surface area contributed by atoms with Gasteiger partial charge in [-0.2, -0.15) is 18.4 Å². The molecule has 0 aliphatic carbocycles. The third-order valence-electron chi connectivity index (χ3n) is 2.37. The predicted molar refractivity (Wildman–Crippen MR) is 55.9 cm³/mol. The first-order valence-electron chi connectivity index (χ1n) is 5.23. The van der Waals surface area contributed by atoms with E-state index >= 15 is 0 Å². The summed E-state index contributed by atoms with van der Waals surface area (Å²) in [6.45, 7) is 0.262. The summed E-state index contributed by atoms with van der Waals surface area (Å²) < 4.78 is 38.8. The van der Waals surface area contributed by atoms with E-state index in [1.807, 2.05) is 6.07 Å². The van der Waals surface area contributed by atoms with E-state index in [1.54, 1.807) is 0 Å². The second-order valence-electron chi connectivity index (χ2n) is 3.74. The Labute approximate surface area is 101 Å². The molecule has 0 saturated carbocycles. The zero-order chi connectivity index (χ0) is 13.8. The number of alkyl halides is 3. The Kier molecular flexibility index (Phi) is 4.37. The van der Waals surface area contributed by atoms with Gasteiger partial charge in [-0.15, -0.1) is 0 Å². The largest absolute Gasteiger partial charge is 0.478 e. The van der Waals surface area contributed by atoms with Crippen LogP contribution in [0.4, 0.5) is 13.2 Å². The van der Waals surface area contributed by atoms with Gasteiger partial charge in [-0.1, -0.05) is 0 Å². The molecule has 1 heterocycles. The first-order valence-corrected chi connectivity index (χ1v) is 5.23. The maximum atomic E-state index is 12.5. The van der Waals surface area contributed by atoms with Crippen LogP contribution in [0, 0.1) is 11.3 Å². The highest BCUT2D eigenvalue weighted by molar-refractivity contribution is 5.89. The Balaban J connectivity index is 2.84. The standard InChI is InChI=1S/C11H11F3N2O2/c12-11(13,14)9-7-16(5-3-1-2-4-15)6-8(9)10(17)18/h6-7H,1-3,5H2,(H,17,18). The Morgan fingerprint density at radius 3 is 2.50 bits per heavy atom. The van der Waals surface area contributed by atoms with Gasteiger partial charge in [0.15, 0.2) is 0 Å². The molecule has 18 heavy (non-hydrogen) atoms. The van der Waals surface area contributed by atoms with Crippen molar-refractivity contribution in [1.29, 1.82) is 5.26 Å². The molecule has 0 radical (unpaired) electrons. The average Bonchev–Trinajstić information content (AvgIpc) is 2.68. The molecule has 1 N–H and O–H groups in total. The molecule has 0 aliphatic rings. The Hall–Kier alpha value is -1.97. The number of unbranched alkanes of at least 4 members (excludes halogenated alkanes) is 2. The topological polar surface area (TPSA) is 66.0 Å². The SMILES string of the molecule is N#CCCCCn1cc(C(=O)O)c(C(F)(F)F)c1. The molecule has 0 amide bonds. The third kappa shape index (κ3) is 3.52. The highest BCUT2D eigenvalue weighted by Gasteiger charge is 2.36. The summed E-state index contributed by atoms with van der Waals surface area (Å²) in [6.07, 6.45) is -1.49. The fourth-order valence-electron chi connectivity index (χ4n) is 1.53. The number of aromatic nitrogens is 1. The quantitative estimate of drug-likeness (QED) is 0.828. The molecule has 0 bridgehead atoms. The summed E-state index contributed by atoms with van der Waals surface area (Å²) in [5.74, 6) is -1.60. The van der Waals surface area contributed by atoms with Crippen molar-refractivity contribution < 1.29 is 23.1 Å². The Morgan fingerprint density at radius 1 is 1.39 bits per heavy atom. The number of aromatic carboxylic acids is 1. The molecule has 0 unspecified atom stereocenters. The summed E-state index contributed by atoms with van der Waals surface area (Å²) in [5.41, 5.74) is -1.89. The lowest BCUT2D eigenvalue weighted by molar-refractivity contribution is -0.138. The van der Waals surface area contributed by atoms with Gasteiger partial charge in [-0.3, -0.25) is 0 Å². The molecule has 1 rings (SSSR count). The van der Waals surface area contributed by atoms with E-state index in [4.69, 9.17) is 10.4 Å². The molecule has 1 aromatic rings. The number of carbonyl (C=O) groups is 1. The maximum Gasteiger partial charge on any atom is 0.418 e. The van der Waals surface area contributed by atoms with Crippen molar-refractivity contribution in [2.24, 2.45) is 0 Å². The van der Waals surface area contributed by atoms with Crippen molar-refractivity contribution in [3.05, 3.63) is 23.5 Å². The van der Waals surface area contributed by atoms with E-state index < -0.39 is 23.3 Å². The van der Waals surface area contributed by atoms with Crippen LogP contribution in [0.25, 0.3) is 0 Å². The van der Waals surface area contributed by atoms with Crippen molar-refractivity contribution in [1.82, 2.24) is 4.57 Å². The van der Waals surface area contributed by atoms with E-state index in [9.17, 15) is 18.0 Å². The molecule has 7 heteroatoms. The molecule has 0 spiro atoms. The monoisotopic (exact) mass is 260 g/mol. The number of aryl methyl sites for hydroxylation is 1. The number of rotatable bonds is 5.